The fourth-order valence-corrected chi connectivity index (χ4v) is 2.85. The third kappa shape index (κ3) is 4.16. The van der Waals surface area contributed by atoms with Crippen LogP contribution in [0, 0.1) is 0 Å². The second-order valence-corrected chi connectivity index (χ2v) is 7.33. The Morgan fingerprint density at radius 1 is 1.30 bits per heavy atom. The van der Waals surface area contributed by atoms with Gasteiger partial charge in [0.1, 0.15) is 11.4 Å². The first-order valence-electron chi connectivity index (χ1n) is 8.76. The number of hydrogen-bond donors (Lipinski definition) is 2. The molecule has 3 aromatic rings. The van der Waals surface area contributed by atoms with Crippen molar-refractivity contribution in [3.8, 4) is 11.3 Å². The number of nitrogens with zero attached hydrogens (tertiary/aromatic N) is 4. The van der Waals surface area contributed by atoms with Crippen molar-refractivity contribution >= 4 is 28.8 Å². The van der Waals surface area contributed by atoms with Gasteiger partial charge in [-0.2, -0.15) is 5.10 Å². The fraction of sp³-hybridized carbons (Fsp3) is 0.368. The molecule has 3 N–H and O–H groups in total. The van der Waals surface area contributed by atoms with Gasteiger partial charge in [0.25, 0.3) is 0 Å². The average molecular weight is 368 g/mol. The van der Waals surface area contributed by atoms with Crippen molar-refractivity contribution in [3.05, 3.63) is 30.0 Å². The molecule has 0 unspecified atom stereocenters. The maximum Gasteiger partial charge on any atom is 0.414 e. The Labute approximate surface area is 157 Å². The SMILES string of the molecule is CCc1cc(-c2cc(N)nn2C)cc2cnc(NC(=O)OC(C)(C)C)nc12. The van der Waals surface area contributed by atoms with Crippen LogP contribution in [0.2, 0.25) is 0 Å². The molecule has 142 valence electrons. The second kappa shape index (κ2) is 6.86. The van der Waals surface area contributed by atoms with Gasteiger partial charge in [0.2, 0.25) is 5.95 Å². The molecule has 1 aromatic carbocycles. The van der Waals surface area contributed by atoms with Crippen LogP contribution in [-0.2, 0) is 18.2 Å². The van der Waals surface area contributed by atoms with Crippen molar-refractivity contribution in [1.29, 1.82) is 0 Å². The standard InChI is InChI=1S/C19H24N6O2/c1-6-11-7-12(14-9-15(20)24-25(14)5)8-13-10-21-17(22-16(11)13)23-18(26)27-19(2,3)4/h7-10H,6H2,1-5H3,(H2,20,24)(H,21,22,23,26). The number of benzene rings is 1. The first-order valence-corrected chi connectivity index (χ1v) is 8.76. The zero-order valence-electron chi connectivity index (χ0n) is 16.2. The van der Waals surface area contributed by atoms with E-state index in [2.05, 4.69) is 33.4 Å². The summed E-state index contributed by atoms with van der Waals surface area (Å²) in [6, 6.07) is 5.88. The number of aryl methyl sites for hydroxylation is 2. The highest BCUT2D eigenvalue weighted by Gasteiger charge is 2.18. The summed E-state index contributed by atoms with van der Waals surface area (Å²) in [6.45, 7) is 7.46. The summed E-state index contributed by atoms with van der Waals surface area (Å²) < 4.78 is 7.00. The fourth-order valence-electron chi connectivity index (χ4n) is 2.85. The molecule has 27 heavy (non-hydrogen) atoms. The highest BCUT2D eigenvalue weighted by molar-refractivity contribution is 5.89. The predicted molar refractivity (Wildman–Crippen MR) is 105 cm³/mol. The number of hydrogen-bond acceptors (Lipinski definition) is 6. The van der Waals surface area contributed by atoms with Gasteiger partial charge in [0, 0.05) is 30.3 Å². The molecule has 8 nitrogen and oxygen atoms in total. The molecule has 0 bridgehead atoms. The molecule has 0 aliphatic heterocycles. The van der Waals surface area contributed by atoms with Crippen molar-refractivity contribution in [3.63, 3.8) is 0 Å². The Balaban J connectivity index is 1.98. The molecule has 2 aromatic heterocycles. The first-order chi connectivity index (χ1) is 12.7. The lowest BCUT2D eigenvalue weighted by Gasteiger charge is -2.19. The molecule has 0 spiro atoms. The molecule has 0 aliphatic rings. The van der Waals surface area contributed by atoms with Gasteiger partial charge in [0.15, 0.2) is 0 Å². The van der Waals surface area contributed by atoms with E-state index in [1.807, 2.05) is 19.2 Å². The number of rotatable bonds is 3. The molecule has 0 radical (unpaired) electrons. The van der Waals surface area contributed by atoms with Crippen molar-refractivity contribution in [2.24, 2.45) is 7.05 Å². The largest absolute Gasteiger partial charge is 0.444 e. The lowest BCUT2D eigenvalue weighted by molar-refractivity contribution is 0.0634. The third-order valence-corrected chi connectivity index (χ3v) is 3.95. The molecule has 3 rings (SSSR count). The first kappa shape index (κ1) is 18.6. The summed E-state index contributed by atoms with van der Waals surface area (Å²) >= 11 is 0. The molecule has 2 heterocycles. The maximum absolute atomic E-state index is 12.0. The summed E-state index contributed by atoms with van der Waals surface area (Å²) in [6.07, 6.45) is 1.89. The Bertz CT molecular complexity index is 1000. The van der Waals surface area contributed by atoms with Crippen LogP contribution in [0.15, 0.2) is 24.4 Å². The topological polar surface area (TPSA) is 108 Å². The number of nitrogen functional groups attached to an aromatic ring is 1. The average Bonchev–Trinajstić information content (AvgIpc) is 2.90. The predicted octanol–water partition coefficient (Wildman–Crippen LogP) is 3.52. The number of nitrogens with two attached hydrogens (primary N) is 1. The van der Waals surface area contributed by atoms with Crippen molar-refractivity contribution in [2.45, 2.75) is 39.7 Å². The van der Waals surface area contributed by atoms with Gasteiger partial charge in [-0.15, -0.1) is 0 Å². The van der Waals surface area contributed by atoms with Crippen molar-refractivity contribution in [1.82, 2.24) is 19.7 Å². The van der Waals surface area contributed by atoms with E-state index in [0.29, 0.717) is 5.82 Å². The molecule has 0 fully saturated rings. The molecular weight excluding hydrogens is 344 g/mol. The van der Waals surface area contributed by atoms with Crippen LogP contribution in [0.3, 0.4) is 0 Å². The van der Waals surface area contributed by atoms with Gasteiger partial charge in [0.05, 0.1) is 11.2 Å². The zero-order chi connectivity index (χ0) is 19.8. The summed E-state index contributed by atoms with van der Waals surface area (Å²) in [7, 11) is 1.85. The third-order valence-electron chi connectivity index (χ3n) is 3.95. The Morgan fingerprint density at radius 3 is 2.63 bits per heavy atom. The normalized spacial score (nSPS) is 11.6. The summed E-state index contributed by atoms with van der Waals surface area (Å²) in [5.74, 6) is 0.683. The Kier molecular flexibility index (Phi) is 4.73. The van der Waals surface area contributed by atoms with Gasteiger partial charge in [-0.05, 0) is 44.9 Å². The minimum absolute atomic E-state index is 0.212. The van der Waals surface area contributed by atoms with E-state index in [1.165, 1.54) is 0 Å². The van der Waals surface area contributed by atoms with Crippen molar-refractivity contribution < 1.29 is 9.53 Å². The number of ether oxygens (including phenoxy) is 1. The number of anilines is 2. The molecule has 0 atom stereocenters. The lowest BCUT2D eigenvalue weighted by atomic mass is 10.0. The van der Waals surface area contributed by atoms with Gasteiger partial charge >= 0.3 is 6.09 Å². The number of fused-ring (bicyclic) bond motifs is 1. The zero-order valence-corrected chi connectivity index (χ0v) is 16.2. The van der Waals surface area contributed by atoms with Crippen LogP contribution in [0.4, 0.5) is 16.6 Å². The van der Waals surface area contributed by atoms with Crippen molar-refractivity contribution in [2.75, 3.05) is 11.1 Å². The van der Waals surface area contributed by atoms with E-state index < -0.39 is 11.7 Å². The molecule has 1 amide bonds. The quantitative estimate of drug-likeness (QED) is 0.732. The number of amides is 1. The highest BCUT2D eigenvalue weighted by atomic mass is 16.6. The van der Waals surface area contributed by atoms with E-state index in [9.17, 15) is 4.79 Å². The van der Waals surface area contributed by atoms with Gasteiger partial charge in [-0.3, -0.25) is 10.00 Å². The number of nitrogens with one attached hydrogen (secondary N) is 1. The number of aromatic nitrogens is 4. The monoisotopic (exact) mass is 368 g/mol. The number of carbonyl (C=O) groups is 1. The van der Waals surface area contributed by atoms with Gasteiger partial charge < -0.3 is 10.5 Å². The summed E-state index contributed by atoms with van der Waals surface area (Å²) in [5, 5.41) is 7.66. The smallest absolute Gasteiger partial charge is 0.414 e. The van der Waals surface area contributed by atoms with Gasteiger partial charge in [-0.1, -0.05) is 6.92 Å². The van der Waals surface area contributed by atoms with Crippen LogP contribution in [0.1, 0.15) is 33.3 Å². The van der Waals surface area contributed by atoms with Crippen LogP contribution in [0.5, 0.6) is 0 Å². The highest BCUT2D eigenvalue weighted by Crippen LogP contribution is 2.28. The molecule has 0 aliphatic carbocycles. The molecular formula is C19H24N6O2. The van der Waals surface area contributed by atoms with E-state index in [1.54, 1.807) is 31.6 Å². The van der Waals surface area contributed by atoms with E-state index in [0.717, 1.165) is 34.1 Å². The minimum atomic E-state index is -0.588. The number of carbonyl (C=O) groups excluding carboxylic acids is 1. The van der Waals surface area contributed by atoms with Crippen LogP contribution >= 0.6 is 0 Å². The Morgan fingerprint density at radius 2 is 2.04 bits per heavy atom. The van der Waals surface area contributed by atoms with Gasteiger partial charge in [-0.25, -0.2) is 14.8 Å². The minimum Gasteiger partial charge on any atom is -0.444 e. The Hall–Kier alpha value is -3.16. The summed E-state index contributed by atoms with van der Waals surface area (Å²) in [5.41, 5.74) is 8.95. The van der Waals surface area contributed by atoms with Crippen LogP contribution in [-0.4, -0.2) is 31.4 Å². The second-order valence-electron chi connectivity index (χ2n) is 7.33. The van der Waals surface area contributed by atoms with E-state index >= 15 is 0 Å². The molecule has 8 heteroatoms. The van der Waals surface area contributed by atoms with E-state index in [4.69, 9.17) is 10.5 Å². The van der Waals surface area contributed by atoms with Crippen LogP contribution in [0.25, 0.3) is 22.2 Å². The van der Waals surface area contributed by atoms with E-state index in [-0.39, 0.29) is 5.95 Å². The lowest BCUT2D eigenvalue weighted by Crippen LogP contribution is -2.27. The molecule has 0 saturated carbocycles. The maximum atomic E-state index is 12.0. The summed E-state index contributed by atoms with van der Waals surface area (Å²) in [4.78, 5) is 20.7. The molecule has 0 saturated heterocycles. The van der Waals surface area contributed by atoms with Crippen LogP contribution < -0.4 is 11.1 Å².